The zero-order valence-electron chi connectivity index (χ0n) is 13.1. The van der Waals surface area contributed by atoms with E-state index in [9.17, 15) is 18.8 Å². The van der Waals surface area contributed by atoms with Crippen LogP contribution in [0.3, 0.4) is 0 Å². The molecule has 0 saturated heterocycles. The molecule has 1 aromatic rings. The summed E-state index contributed by atoms with van der Waals surface area (Å²) in [7, 11) is 0. The molecular formula is C16H20FN3O3. The molecule has 1 aromatic carbocycles. The third-order valence-corrected chi connectivity index (χ3v) is 4.19. The summed E-state index contributed by atoms with van der Waals surface area (Å²) in [5.41, 5.74) is 6.15. The minimum Gasteiger partial charge on any atom is -0.368 e. The van der Waals surface area contributed by atoms with Gasteiger partial charge in [-0.25, -0.2) is 4.39 Å². The Hall–Kier alpha value is -2.44. The molecule has 4 N–H and O–H groups in total. The number of nitrogens with one attached hydrogen (secondary N) is 2. The van der Waals surface area contributed by atoms with Gasteiger partial charge in [0.15, 0.2) is 0 Å². The predicted octanol–water partition coefficient (Wildman–Crippen LogP) is 1.27. The van der Waals surface area contributed by atoms with Crippen molar-refractivity contribution in [1.82, 2.24) is 5.32 Å². The molecule has 3 atom stereocenters. The maximum atomic E-state index is 13.3. The van der Waals surface area contributed by atoms with Gasteiger partial charge in [-0.3, -0.25) is 14.4 Å². The molecular weight excluding hydrogens is 301 g/mol. The standard InChI is InChI=1S/C16H20FN3O3/c1-3-8(2)14(15(18)22)20-16(23)11-7-13(21)19-12-6-9(17)4-5-10(11)12/h4-6,8,11,14H,3,7H2,1-2H3,(H2,18,22)(H,19,21)(H,20,23). The molecule has 0 saturated carbocycles. The van der Waals surface area contributed by atoms with Gasteiger partial charge in [0.1, 0.15) is 11.9 Å². The van der Waals surface area contributed by atoms with Crippen molar-refractivity contribution in [2.24, 2.45) is 11.7 Å². The third-order valence-electron chi connectivity index (χ3n) is 4.19. The number of amides is 3. The van der Waals surface area contributed by atoms with Crippen molar-refractivity contribution in [3.8, 4) is 0 Å². The van der Waals surface area contributed by atoms with Gasteiger partial charge in [0, 0.05) is 12.1 Å². The van der Waals surface area contributed by atoms with E-state index in [1.54, 1.807) is 0 Å². The number of benzene rings is 1. The van der Waals surface area contributed by atoms with Crippen LogP contribution in [-0.4, -0.2) is 23.8 Å². The van der Waals surface area contributed by atoms with Gasteiger partial charge in [0.05, 0.1) is 5.92 Å². The number of hydrogen-bond acceptors (Lipinski definition) is 3. The highest BCUT2D eigenvalue weighted by atomic mass is 19.1. The molecule has 1 aliphatic rings. The van der Waals surface area contributed by atoms with Crippen LogP contribution in [0.2, 0.25) is 0 Å². The van der Waals surface area contributed by atoms with Crippen LogP contribution in [0.4, 0.5) is 10.1 Å². The summed E-state index contributed by atoms with van der Waals surface area (Å²) >= 11 is 0. The van der Waals surface area contributed by atoms with E-state index in [0.29, 0.717) is 12.0 Å². The molecule has 3 amide bonds. The Bertz CT molecular complexity index is 647. The Morgan fingerprint density at radius 1 is 1.48 bits per heavy atom. The molecule has 0 fully saturated rings. The van der Waals surface area contributed by atoms with Crippen LogP contribution >= 0.6 is 0 Å². The molecule has 124 valence electrons. The van der Waals surface area contributed by atoms with Crippen LogP contribution in [0.1, 0.15) is 38.2 Å². The average molecular weight is 321 g/mol. The summed E-state index contributed by atoms with van der Waals surface area (Å²) in [6.07, 6.45) is 0.608. The molecule has 2 rings (SSSR count). The fourth-order valence-electron chi connectivity index (χ4n) is 2.65. The number of primary amides is 1. The largest absolute Gasteiger partial charge is 0.368 e. The molecule has 0 spiro atoms. The quantitative estimate of drug-likeness (QED) is 0.761. The highest BCUT2D eigenvalue weighted by Gasteiger charge is 2.33. The molecule has 0 radical (unpaired) electrons. The summed E-state index contributed by atoms with van der Waals surface area (Å²) in [4.78, 5) is 35.8. The Morgan fingerprint density at radius 3 is 2.78 bits per heavy atom. The van der Waals surface area contributed by atoms with Gasteiger partial charge in [-0.2, -0.15) is 0 Å². The van der Waals surface area contributed by atoms with Crippen LogP contribution in [0.25, 0.3) is 0 Å². The Balaban J connectivity index is 2.26. The number of nitrogens with two attached hydrogens (primary N) is 1. The fourth-order valence-corrected chi connectivity index (χ4v) is 2.65. The first kappa shape index (κ1) is 16.9. The van der Waals surface area contributed by atoms with E-state index in [0.717, 1.165) is 0 Å². The maximum Gasteiger partial charge on any atom is 0.240 e. The Labute approximate surface area is 133 Å². The van der Waals surface area contributed by atoms with Crippen molar-refractivity contribution in [3.05, 3.63) is 29.6 Å². The Morgan fingerprint density at radius 2 is 2.17 bits per heavy atom. The van der Waals surface area contributed by atoms with E-state index in [4.69, 9.17) is 5.73 Å². The monoisotopic (exact) mass is 321 g/mol. The van der Waals surface area contributed by atoms with Crippen molar-refractivity contribution in [2.75, 3.05) is 5.32 Å². The zero-order chi connectivity index (χ0) is 17.1. The molecule has 3 unspecified atom stereocenters. The summed E-state index contributed by atoms with van der Waals surface area (Å²) < 4.78 is 13.3. The second-order valence-corrected chi connectivity index (χ2v) is 5.81. The molecule has 0 aliphatic carbocycles. The number of halogens is 1. The smallest absolute Gasteiger partial charge is 0.240 e. The number of anilines is 1. The van der Waals surface area contributed by atoms with E-state index in [1.807, 2.05) is 13.8 Å². The number of carbonyl (C=O) groups is 3. The number of carbonyl (C=O) groups excluding carboxylic acids is 3. The van der Waals surface area contributed by atoms with Gasteiger partial charge < -0.3 is 16.4 Å². The topological polar surface area (TPSA) is 101 Å². The normalized spacial score (nSPS) is 19.3. The lowest BCUT2D eigenvalue weighted by atomic mass is 9.88. The molecule has 7 heteroatoms. The minimum absolute atomic E-state index is 0.0591. The van der Waals surface area contributed by atoms with Crippen LogP contribution in [-0.2, 0) is 14.4 Å². The lowest BCUT2D eigenvalue weighted by Crippen LogP contribution is -2.50. The first-order valence-corrected chi connectivity index (χ1v) is 7.52. The second kappa shape index (κ2) is 6.76. The summed E-state index contributed by atoms with van der Waals surface area (Å²) in [6.45, 7) is 3.70. The van der Waals surface area contributed by atoms with Gasteiger partial charge in [0.25, 0.3) is 0 Å². The van der Waals surface area contributed by atoms with Crippen molar-refractivity contribution in [3.63, 3.8) is 0 Å². The fraction of sp³-hybridized carbons (Fsp3) is 0.438. The number of rotatable bonds is 5. The maximum absolute atomic E-state index is 13.3. The van der Waals surface area contributed by atoms with E-state index >= 15 is 0 Å². The summed E-state index contributed by atoms with van der Waals surface area (Å²) in [5.74, 6) is -2.85. The molecule has 0 aromatic heterocycles. The zero-order valence-corrected chi connectivity index (χ0v) is 13.1. The van der Waals surface area contributed by atoms with E-state index in [-0.39, 0.29) is 23.9 Å². The minimum atomic E-state index is -0.804. The van der Waals surface area contributed by atoms with Gasteiger partial charge >= 0.3 is 0 Å². The van der Waals surface area contributed by atoms with E-state index in [2.05, 4.69) is 10.6 Å². The highest BCUT2D eigenvalue weighted by Crippen LogP contribution is 2.33. The first-order valence-electron chi connectivity index (χ1n) is 7.52. The second-order valence-electron chi connectivity index (χ2n) is 5.81. The summed E-state index contributed by atoms with van der Waals surface area (Å²) in [6, 6.07) is 3.07. The van der Waals surface area contributed by atoms with E-state index < -0.39 is 29.6 Å². The predicted molar refractivity (Wildman–Crippen MR) is 83.0 cm³/mol. The molecule has 1 aliphatic heterocycles. The Kier molecular flexibility index (Phi) is 4.98. The van der Waals surface area contributed by atoms with Crippen molar-refractivity contribution in [1.29, 1.82) is 0 Å². The number of fused-ring (bicyclic) bond motifs is 1. The molecule has 6 nitrogen and oxygen atoms in total. The van der Waals surface area contributed by atoms with E-state index in [1.165, 1.54) is 18.2 Å². The average Bonchev–Trinajstić information content (AvgIpc) is 2.49. The molecule has 23 heavy (non-hydrogen) atoms. The highest BCUT2D eigenvalue weighted by molar-refractivity contribution is 6.02. The lowest BCUT2D eigenvalue weighted by molar-refractivity contribution is -0.130. The van der Waals surface area contributed by atoms with Gasteiger partial charge in [-0.15, -0.1) is 0 Å². The van der Waals surface area contributed by atoms with Gasteiger partial charge in [-0.1, -0.05) is 26.3 Å². The van der Waals surface area contributed by atoms with Crippen molar-refractivity contribution >= 4 is 23.4 Å². The van der Waals surface area contributed by atoms with Crippen LogP contribution < -0.4 is 16.4 Å². The molecule has 0 bridgehead atoms. The first-order chi connectivity index (χ1) is 10.8. The number of hydrogen-bond donors (Lipinski definition) is 3. The molecule has 1 heterocycles. The lowest BCUT2D eigenvalue weighted by Gasteiger charge is -2.28. The SMILES string of the molecule is CCC(C)C(NC(=O)C1CC(=O)Nc2cc(F)ccc21)C(N)=O. The van der Waals surface area contributed by atoms with Gasteiger partial charge in [-0.05, 0) is 23.6 Å². The van der Waals surface area contributed by atoms with Gasteiger partial charge in [0.2, 0.25) is 17.7 Å². The van der Waals surface area contributed by atoms with Crippen LogP contribution in [0.15, 0.2) is 18.2 Å². The third kappa shape index (κ3) is 3.67. The van der Waals surface area contributed by atoms with Crippen LogP contribution in [0, 0.1) is 11.7 Å². The van der Waals surface area contributed by atoms with Crippen molar-refractivity contribution in [2.45, 2.75) is 38.6 Å². The van der Waals surface area contributed by atoms with Crippen molar-refractivity contribution < 1.29 is 18.8 Å². The summed E-state index contributed by atoms with van der Waals surface area (Å²) in [5, 5.41) is 5.17. The van der Waals surface area contributed by atoms with Crippen LogP contribution in [0.5, 0.6) is 0 Å².